The Bertz CT molecular complexity index is 461. The summed E-state index contributed by atoms with van der Waals surface area (Å²) in [6.07, 6.45) is 5.03. The predicted octanol–water partition coefficient (Wildman–Crippen LogP) is 2.15. The van der Waals surface area contributed by atoms with Crippen LogP contribution in [0.15, 0.2) is 24.3 Å². The van der Waals surface area contributed by atoms with E-state index in [1.54, 1.807) is 12.1 Å². The highest BCUT2D eigenvalue weighted by molar-refractivity contribution is 5.77. The highest BCUT2D eigenvalue weighted by Gasteiger charge is 2.20. The Labute approximate surface area is 132 Å². The number of benzene rings is 1. The smallest absolute Gasteiger partial charge is 0.257 e. The first-order chi connectivity index (χ1) is 10.7. The first-order valence-electron chi connectivity index (χ1n) is 8.11. The number of nitrogens with zero attached hydrogens (tertiary/aromatic N) is 1. The second-order valence-corrected chi connectivity index (χ2v) is 5.73. The van der Waals surface area contributed by atoms with Crippen molar-refractivity contribution in [3.8, 4) is 11.5 Å². The van der Waals surface area contributed by atoms with Gasteiger partial charge in [-0.25, -0.2) is 0 Å². The second kappa shape index (κ2) is 8.63. The van der Waals surface area contributed by atoms with Crippen molar-refractivity contribution in [1.82, 2.24) is 10.2 Å². The van der Waals surface area contributed by atoms with Crippen LogP contribution in [0.1, 0.15) is 32.6 Å². The minimum absolute atomic E-state index is 0.00197. The largest absolute Gasteiger partial charge is 0.508 e. The number of phenolic OH excluding ortho intramolecular Hbond substituents is 1. The lowest BCUT2D eigenvalue weighted by Gasteiger charge is -2.35. The maximum atomic E-state index is 11.8. The third-order valence-electron chi connectivity index (χ3n) is 4.15. The van der Waals surface area contributed by atoms with Gasteiger partial charge in [0.05, 0.1) is 0 Å². The fourth-order valence-corrected chi connectivity index (χ4v) is 2.90. The van der Waals surface area contributed by atoms with Crippen molar-refractivity contribution in [2.24, 2.45) is 0 Å². The number of hydrogen-bond donors (Lipinski definition) is 2. The van der Waals surface area contributed by atoms with Gasteiger partial charge < -0.3 is 15.2 Å². The van der Waals surface area contributed by atoms with Gasteiger partial charge in [-0.05, 0) is 50.1 Å². The number of piperidine rings is 1. The van der Waals surface area contributed by atoms with Crippen molar-refractivity contribution in [2.75, 3.05) is 26.2 Å². The van der Waals surface area contributed by atoms with Crippen LogP contribution in [-0.4, -0.2) is 48.2 Å². The van der Waals surface area contributed by atoms with E-state index in [2.05, 4.69) is 17.1 Å². The zero-order valence-corrected chi connectivity index (χ0v) is 13.3. The molecule has 0 aliphatic carbocycles. The number of amides is 1. The number of nitrogens with one attached hydrogen (secondary N) is 1. The van der Waals surface area contributed by atoms with Gasteiger partial charge in [0.15, 0.2) is 6.61 Å². The van der Waals surface area contributed by atoms with Gasteiger partial charge >= 0.3 is 0 Å². The summed E-state index contributed by atoms with van der Waals surface area (Å²) in [5, 5.41) is 12.1. The summed E-state index contributed by atoms with van der Waals surface area (Å²) in [7, 11) is 0. The Morgan fingerprint density at radius 2 is 2.14 bits per heavy atom. The minimum atomic E-state index is -0.113. The summed E-state index contributed by atoms with van der Waals surface area (Å²) in [4.78, 5) is 14.2. The fourth-order valence-electron chi connectivity index (χ4n) is 2.90. The molecule has 1 aromatic rings. The van der Waals surface area contributed by atoms with Crippen molar-refractivity contribution in [3.63, 3.8) is 0 Å². The molecule has 0 spiro atoms. The molecule has 0 unspecified atom stereocenters. The molecular weight excluding hydrogens is 280 g/mol. The van der Waals surface area contributed by atoms with Crippen LogP contribution >= 0.6 is 0 Å². The topological polar surface area (TPSA) is 61.8 Å². The molecule has 1 atom stereocenters. The Balaban J connectivity index is 1.64. The molecule has 1 aromatic carbocycles. The number of carbonyl (C=O) groups is 1. The molecule has 122 valence electrons. The highest BCUT2D eigenvalue weighted by atomic mass is 16.5. The molecule has 22 heavy (non-hydrogen) atoms. The van der Waals surface area contributed by atoms with Crippen LogP contribution in [-0.2, 0) is 4.79 Å². The van der Waals surface area contributed by atoms with Crippen molar-refractivity contribution < 1.29 is 14.6 Å². The van der Waals surface area contributed by atoms with Crippen molar-refractivity contribution in [1.29, 1.82) is 0 Å². The van der Waals surface area contributed by atoms with Crippen LogP contribution in [0.3, 0.4) is 0 Å². The molecule has 0 radical (unpaired) electrons. The van der Waals surface area contributed by atoms with E-state index in [1.807, 2.05) is 0 Å². The van der Waals surface area contributed by atoms with Gasteiger partial charge in [-0.1, -0.05) is 13.3 Å². The van der Waals surface area contributed by atoms with Gasteiger partial charge in [0, 0.05) is 19.1 Å². The summed E-state index contributed by atoms with van der Waals surface area (Å²) in [6.45, 7) is 4.94. The molecular formula is C17H26N2O3. The van der Waals surface area contributed by atoms with E-state index in [4.69, 9.17) is 4.74 Å². The van der Waals surface area contributed by atoms with Gasteiger partial charge in [0.25, 0.3) is 5.91 Å². The van der Waals surface area contributed by atoms with Crippen LogP contribution in [0, 0.1) is 0 Å². The Morgan fingerprint density at radius 3 is 2.86 bits per heavy atom. The highest BCUT2D eigenvalue weighted by Crippen LogP contribution is 2.18. The maximum Gasteiger partial charge on any atom is 0.257 e. The average molecular weight is 306 g/mol. The summed E-state index contributed by atoms with van der Waals surface area (Å²) < 4.78 is 5.37. The van der Waals surface area contributed by atoms with E-state index in [0.717, 1.165) is 13.1 Å². The third-order valence-corrected chi connectivity index (χ3v) is 4.15. The molecule has 1 aliphatic rings. The van der Waals surface area contributed by atoms with E-state index in [1.165, 1.54) is 37.8 Å². The summed E-state index contributed by atoms with van der Waals surface area (Å²) >= 11 is 0. The number of phenols is 1. The molecule has 1 aliphatic heterocycles. The molecule has 2 N–H and O–H groups in total. The Morgan fingerprint density at radius 1 is 1.36 bits per heavy atom. The van der Waals surface area contributed by atoms with Crippen LogP contribution in [0.5, 0.6) is 11.5 Å². The molecule has 5 nitrogen and oxygen atoms in total. The maximum absolute atomic E-state index is 11.8. The molecule has 1 saturated heterocycles. The lowest BCUT2D eigenvalue weighted by Crippen LogP contribution is -2.44. The number of hydrogen-bond acceptors (Lipinski definition) is 4. The van der Waals surface area contributed by atoms with Crippen molar-refractivity contribution in [3.05, 3.63) is 24.3 Å². The van der Waals surface area contributed by atoms with E-state index in [-0.39, 0.29) is 18.3 Å². The van der Waals surface area contributed by atoms with Gasteiger partial charge in [-0.3, -0.25) is 9.69 Å². The standard InChI is InChI=1S/C17H26N2O3/c1-2-14-5-3-4-11-19(14)12-10-18-17(21)13-22-16-8-6-15(20)7-9-16/h6-9,14,20H,2-5,10-13H2,1H3,(H,18,21)/t14-/m1/s1. The lowest BCUT2D eigenvalue weighted by molar-refractivity contribution is -0.123. The van der Waals surface area contributed by atoms with E-state index < -0.39 is 0 Å². The van der Waals surface area contributed by atoms with Crippen LogP contribution in [0.25, 0.3) is 0 Å². The zero-order valence-electron chi connectivity index (χ0n) is 13.3. The second-order valence-electron chi connectivity index (χ2n) is 5.73. The van der Waals surface area contributed by atoms with E-state index >= 15 is 0 Å². The number of ether oxygens (including phenoxy) is 1. The van der Waals surface area contributed by atoms with Gasteiger partial charge in [-0.15, -0.1) is 0 Å². The Hall–Kier alpha value is -1.75. The summed E-state index contributed by atoms with van der Waals surface area (Å²) in [6, 6.07) is 7.02. The average Bonchev–Trinajstić information content (AvgIpc) is 2.55. The van der Waals surface area contributed by atoms with Gasteiger partial charge in [0.2, 0.25) is 0 Å². The van der Waals surface area contributed by atoms with Crippen LogP contribution in [0.2, 0.25) is 0 Å². The SMILES string of the molecule is CC[C@@H]1CCCCN1CCNC(=O)COc1ccc(O)cc1. The Kier molecular flexibility index (Phi) is 6.52. The monoisotopic (exact) mass is 306 g/mol. The molecule has 5 heteroatoms. The molecule has 1 amide bonds. The van der Waals surface area contributed by atoms with Gasteiger partial charge in [-0.2, -0.15) is 0 Å². The summed E-state index contributed by atoms with van der Waals surface area (Å²) in [5.41, 5.74) is 0. The first-order valence-corrected chi connectivity index (χ1v) is 8.11. The normalized spacial score (nSPS) is 18.9. The van der Waals surface area contributed by atoms with Crippen LogP contribution < -0.4 is 10.1 Å². The number of likely N-dealkylation sites (tertiary alicyclic amines) is 1. The molecule has 1 fully saturated rings. The predicted molar refractivity (Wildman–Crippen MR) is 86.1 cm³/mol. The molecule has 0 bridgehead atoms. The molecule has 0 saturated carbocycles. The summed E-state index contributed by atoms with van der Waals surface area (Å²) in [5.74, 6) is 0.650. The number of aromatic hydroxyl groups is 1. The van der Waals surface area contributed by atoms with E-state index in [9.17, 15) is 9.90 Å². The number of rotatable bonds is 7. The number of carbonyl (C=O) groups excluding carboxylic acids is 1. The molecule has 0 aromatic heterocycles. The van der Waals surface area contributed by atoms with Crippen molar-refractivity contribution >= 4 is 5.91 Å². The molecule has 1 heterocycles. The lowest BCUT2D eigenvalue weighted by atomic mass is 10.0. The van der Waals surface area contributed by atoms with Crippen LogP contribution in [0.4, 0.5) is 0 Å². The fraction of sp³-hybridized carbons (Fsp3) is 0.588. The quantitative estimate of drug-likeness (QED) is 0.810. The van der Waals surface area contributed by atoms with Gasteiger partial charge in [0.1, 0.15) is 11.5 Å². The zero-order chi connectivity index (χ0) is 15.8. The van der Waals surface area contributed by atoms with Crippen molar-refractivity contribution in [2.45, 2.75) is 38.6 Å². The minimum Gasteiger partial charge on any atom is -0.508 e. The molecule has 2 rings (SSSR count). The first kappa shape index (κ1) is 16.6. The van der Waals surface area contributed by atoms with E-state index in [0.29, 0.717) is 18.3 Å². The third kappa shape index (κ3) is 5.22.